The molecule has 1 unspecified atom stereocenters. The molecule has 1 atom stereocenters. The minimum absolute atomic E-state index is 0.113. The summed E-state index contributed by atoms with van der Waals surface area (Å²) in [5, 5.41) is 0. The average Bonchev–Trinajstić information content (AvgIpc) is 2.30. The predicted octanol–water partition coefficient (Wildman–Crippen LogP) is 1.59. The number of sulfonamides is 1. The lowest BCUT2D eigenvalue weighted by molar-refractivity contribution is 0.161. The first kappa shape index (κ1) is 15.4. The highest BCUT2D eigenvalue weighted by Gasteiger charge is 2.16. The van der Waals surface area contributed by atoms with Crippen LogP contribution in [0.4, 0.5) is 5.69 Å². The zero-order chi connectivity index (χ0) is 13.8. The van der Waals surface area contributed by atoms with Gasteiger partial charge in [-0.2, -0.15) is 0 Å². The van der Waals surface area contributed by atoms with Gasteiger partial charge in [0.25, 0.3) is 0 Å². The third kappa shape index (κ3) is 4.24. The molecule has 0 saturated carbocycles. The number of nitrogen functional groups attached to an aromatic ring is 1. The summed E-state index contributed by atoms with van der Waals surface area (Å²) >= 11 is 3.21. The summed E-state index contributed by atoms with van der Waals surface area (Å²) in [4.78, 5) is 0.188. The summed E-state index contributed by atoms with van der Waals surface area (Å²) in [6.45, 7) is 2.75. The van der Waals surface area contributed by atoms with Crippen molar-refractivity contribution in [3.8, 4) is 0 Å². The summed E-state index contributed by atoms with van der Waals surface area (Å²) in [6, 6.07) is 4.51. The van der Waals surface area contributed by atoms with Crippen LogP contribution in [0.3, 0.4) is 0 Å². The zero-order valence-corrected chi connectivity index (χ0v) is 12.7. The van der Waals surface area contributed by atoms with Crippen molar-refractivity contribution >= 4 is 31.6 Å². The summed E-state index contributed by atoms with van der Waals surface area (Å²) in [5.41, 5.74) is 6.12. The maximum atomic E-state index is 12.0. The van der Waals surface area contributed by atoms with Gasteiger partial charge in [0.15, 0.2) is 0 Å². The first-order chi connectivity index (χ1) is 8.36. The molecular weight excluding hydrogens is 320 g/mol. The first-order valence-electron chi connectivity index (χ1n) is 5.40. The molecule has 1 rings (SSSR count). The van der Waals surface area contributed by atoms with Crippen molar-refractivity contribution in [2.24, 2.45) is 5.92 Å². The Morgan fingerprint density at radius 1 is 1.50 bits per heavy atom. The minimum Gasteiger partial charge on any atom is -0.398 e. The van der Waals surface area contributed by atoms with E-state index in [9.17, 15) is 8.42 Å². The Kier molecular flexibility index (Phi) is 5.58. The van der Waals surface area contributed by atoms with Crippen molar-refractivity contribution < 1.29 is 13.2 Å². The number of hydrogen-bond donors (Lipinski definition) is 2. The molecule has 0 spiro atoms. The van der Waals surface area contributed by atoms with Crippen LogP contribution in [0.1, 0.15) is 6.92 Å². The van der Waals surface area contributed by atoms with Crippen LogP contribution in [0.15, 0.2) is 27.6 Å². The van der Waals surface area contributed by atoms with Gasteiger partial charge < -0.3 is 10.5 Å². The summed E-state index contributed by atoms with van der Waals surface area (Å²) in [7, 11) is -1.92. The number of methoxy groups -OCH3 is 1. The van der Waals surface area contributed by atoms with Crippen LogP contribution in [0.5, 0.6) is 0 Å². The molecule has 0 aromatic heterocycles. The Hall–Kier alpha value is -0.630. The fourth-order valence-corrected chi connectivity index (χ4v) is 3.07. The summed E-state index contributed by atoms with van der Waals surface area (Å²) in [5.74, 6) is 0.113. The molecule has 0 aliphatic rings. The Labute approximate surface area is 116 Å². The van der Waals surface area contributed by atoms with Crippen molar-refractivity contribution in [2.45, 2.75) is 11.8 Å². The molecule has 0 aliphatic carbocycles. The van der Waals surface area contributed by atoms with Gasteiger partial charge in [-0.3, -0.25) is 0 Å². The van der Waals surface area contributed by atoms with Crippen LogP contribution >= 0.6 is 15.9 Å². The van der Waals surface area contributed by atoms with E-state index >= 15 is 0 Å². The Bertz CT molecular complexity index is 505. The summed E-state index contributed by atoms with van der Waals surface area (Å²) < 4.78 is 32.0. The molecule has 5 nitrogen and oxygen atoms in total. The fourth-order valence-electron chi connectivity index (χ4n) is 1.35. The normalized spacial score (nSPS) is 13.5. The highest BCUT2D eigenvalue weighted by atomic mass is 79.9. The summed E-state index contributed by atoms with van der Waals surface area (Å²) in [6.07, 6.45) is 0. The molecule has 0 amide bonds. The van der Waals surface area contributed by atoms with Crippen molar-refractivity contribution in [1.82, 2.24) is 4.72 Å². The van der Waals surface area contributed by atoms with E-state index in [4.69, 9.17) is 10.5 Å². The molecule has 18 heavy (non-hydrogen) atoms. The Balaban J connectivity index is 2.77. The number of anilines is 1. The van der Waals surface area contributed by atoms with Crippen LogP contribution in [0.2, 0.25) is 0 Å². The van der Waals surface area contributed by atoms with E-state index in [0.29, 0.717) is 23.3 Å². The van der Waals surface area contributed by atoms with E-state index in [1.807, 2.05) is 6.92 Å². The van der Waals surface area contributed by atoms with Crippen molar-refractivity contribution in [2.75, 3.05) is 26.0 Å². The first-order valence-corrected chi connectivity index (χ1v) is 7.68. The maximum Gasteiger partial charge on any atom is 0.240 e. The van der Waals surface area contributed by atoms with Crippen molar-refractivity contribution in [3.05, 3.63) is 22.7 Å². The van der Waals surface area contributed by atoms with E-state index in [0.717, 1.165) is 0 Å². The van der Waals surface area contributed by atoms with Gasteiger partial charge in [0.1, 0.15) is 0 Å². The lowest BCUT2D eigenvalue weighted by Crippen LogP contribution is -2.30. The highest BCUT2D eigenvalue weighted by molar-refractivity contribution is 9.10. The number of ether oxygens (including phenoxy) is 1. The lowest BCUT2D eigenvalue weighted by atomic mass is 10.2. The number of nitrogens with one attached hydrogen (secondary N) is 1. The van der Waals surface area contributed by atoms with Gasteiger partial charge in [-0.05, 0) is 40.0 Å². The van der Waals surface area contributed by atoms with Crippen molar-refractivity contribution in [1.29, 1.82) is 0 Å². The Morgan fingerprint density at radius 3 is 2.72 bits per heavy atom. The standard InChI is InChI=1S/C11H17BrN2O3S/c1-8(7-17-2)6-14-18(15,16)9-3-4-11(13)10(12)5-9/h3-5,8,14H,6-7,13H2,1-2H3. The average molecular weight is 337 g/mol. The predicted molar refractivity (Wildman–Crippen MR) is 74.8 cm³/mol. The molecule has 7 heteroatoms. The van der Waals surface area contributed by atoms with E-state index in [1.165, 1.54) is 12.1 Å². The number of hydrogen-bond acceptors (Lipinski definition) is 4. The van der Waals surface area contributed by atoms with Gasteiger partial charge >= 0.3 is 0 Å². The number of rotatable bonds is 6. The Morgan fingerprint density at radius 2 is 2.17 bits per heavy atom. The molecule has 0 bridgehead atoms. The quantitative estimate of drug-likeness (QED) is 0.773. The second-order valence-electron chi connectivity index (χ2n) is 4.10. The molecular formula is C11H17BrN2O3S. The van der Waals surface area contributed by atoms with Crippen LogP contribution in [-0.4, -0.2) is 28.7 Å². The molecule has 0 aliphatic heterocycles. The third-order valence-electron chi connectivity index (χ3n) is 2.36. The number of benzene rings is 1. The van der Waals surface area contributed by atoms with Crippen LogP contribution in [0, 0.1) is 5.92 Å². The van der Waals surface area contributed by atoms with E-state index in [2.05, 4.69) is 20.7 Å². The number of halogens is 1. The monoisotopic (exact) mass is 336 g/mol. The van der Waals surface area contributed by atoms with Gasteiger partial charge in [-0.25, -0.2) is 13.1 Å². The van der Waals surface area contributed by atoms with Crippen LogP contribution < -0.4 is 10.5 Å². The zero-order valence-electron chi connectivity index (χ0n) is 10.3. The fraction of sp³-hybridized carbons (Fsp3) is 0.455. The molecule has 1 aromatic carbocycles. The SMILES string of the molecule is COCC(C)CNS(=O)(=O)c1ccc(N)c(Br)c1. The molecule has 0 heterocycles. The molecule has 1 aromatic rings. The molecule has 0 fully saturated rings. The van der Waals surface area contributed by atoms with Gasteiger partial charge in [0, 0.05) is 30.4 Å². The smallest absolute Gasteiger partial charge is 0.240 e. The number of nitrogens with two attached hydrogens (primary N) is 1. The van der Waals surface area contributed by atoms with Gasteiger partial charge in [0.05, 0.1) is 4.90 Å². The topological polar surface area (TPSA) is 81.4 Å². The third-order valence-corrected chi connectivity index (χ3v) is 4.46. The second kappa shape index (κ2) is 6.51. The van der Waals surface area contributed by atoms with Crippen LogP contribution in [-0.2, 0) is 14.8 Å². The lowest BCUT2D eigenvalue weighted by Gasteiger charge is -2.12. The van der Waals surface area contributed by atoms with Gasteiger partial charge in [0.2, 0.25) is 10.0 Å². The van der Waals surface area contributed by atoms with E-state index in [1.54, 1.807) is 13.2 Å². The molecule has 102 valence electrons. The second-order valence-corrected chi connectivity index (χ2v) is 6.72. The van der Waals surface area contributed by atoms with Crippen molar-refractivity contribution in [3.63, 3.8) is 0 Å². The largest absolute Gasteiger partial charge is 0.398 e. The van der Waals surface area contributed by atoms with E-state index < -0.39 is 10.0 Å². The maximum absolute atomic E-state index is 12.0. The highest BCUT2D eigenvalue weighted by Crippen LogP contribution is 2.22. The minimum atomic E-state index is -3.50. The molecule has 3 N–H and O–H groups in total. The molecule has 0 saturated heterocycles. The van der Waals surface area contributed by atoms with E-state index in [-0.39, 0.29) is 10.8 Å². The van der Waals surface area contributed by atoms with Crippen LogP contribution in [0.25, 0.3) is 0 Å². The van der Waals surface area contributed by atoms with Gasteiger partial charge in [-0.15, -0.1) is 0 Å². The molecule has 0 radical (unpaired) electrons. The van der Waals surface area contributed by atoms with Gasteiger partial charge in [-0.1, -0.05) is 6.92 Å².